The average Bonchev–Trinajstić information content (AvgIpc) is 3.02. The van der Waals surface area contributed by atoms with Crippen molar-refractivity contribution in [3.8, 4) is 5.75 Å². The highest BCUT2D eigenvalue weighted by molar-refractivity contribution is 6.09. The van der Waals surface area contributed by atoms with Crippen LogP contribution in [0.25, 0.3) is 0 Å². The van der Waals surface area contributed by atoms with Gasteiger partial charge in [-0.25, -0.2) is 0 Å². The summed E-state index contributed by atoms with van der Waals surface area (Å²) in [5.74, 6) is 0.370. The summed E-state index contributed by atoms with van der Waals surface area (Å²) < 4.78 is 5.37. The Kier molecular flexibility index (Phi) is 5.06. The lowest BCUT2D eigenvalue weighted by molar-refractivity contribution is -0.145. The van der Waals surface area contributed by atoms with Crippen LogP contribution in [-0.2, 0) is 9.59 Å². The summed E-state index contributed by atoms with van der Waals surface area (Å²) in [4.78, 5) is 26.7. The van der Waals surface area contributed by atoms with Gasteiger partial charge in [-0.3, -0.25) is 9.59 Å². The van der Waals surface area contributed by atoms with Crippen molar-refractivity contribution in [2.24, 2.45) is 5.41 Å². The number of rotatable bonds is 5. The topological polar surface area (TPSA) is 58.6 Å². The van der Waals surface area contributed by atoms with Crippen LogP contribution in [0.1, 0.15) is 33.6 Å². The lowest BCUT2D eigenvalue weighted by atomic mass is 9.90. The van der Waals surface area contributed by atoms with Crippen LogP contribution < -0.4 is 10.1 Å². The molecular weight excluding hydrogens is 280 g/mol. The maximum atomic E-state index is 12.5. The van der Waals surface area contributed by atoms with Crippen molar-refractivity contribution in [3.05, 3.63) is 24.3 Å². The Morgan fingerprint density at radius 2 is 1.77 bits per heavy atom. The van der Waals surface area contributed by atoms with Gasteiger partial charge < -0.3 is 15.0 Å². The molecule has 0 bridgehead atoms. The maximum absolute atomic E-state index is 12.5. The molecule has 0 aliphatic carbocycles. The molecule has 1 N–H and O–H groups in total. The van der Waals surface area contributed by atoms with E-state index in [-0.39, 0.29) is 11.8 Å². The minimum absolute atomic E-state index is 0.103. The molecule has 0 aromatic heterocycles. The number of amides is 2. The number of nitrogens with one attached hydrogen (secondary N) is 1. The van der Waals surface area contributed by atoms with Gasteiger partial charge >= 0.3 is 0 Å². The Hall–Kier alpha value is -2.04. The van der Waals surface area contributed by atoms with Crippen LogP contribution in [0.15, 0.2) is 24.3 Å². The third kappa shape index (κ3) is 3.59. The van der Waals surface area contributed by atoms with E-state index in [0.717, 1.165) is 31.7 Å². The van der Waals surface area contributed by atoms with Crippen LogP contribution in [-0.4, -0.2) is 36.4 Å². The Balaban J connectivity index is 2.01. The zero-order chi connectivity index (χ0) is 16.2. The molecule has 1 aromatic rings. The molecule has 2 rings (SSSR count). The van der Waals surface area contributed by atoms with Crippen molar-refractivity contribution in [3.63, 3.8) is 0 Å². The number of hydrogen-bond acceptors (Lipinski definition) is 3. The van der Waals surface area contributed by atoms with E-state index in [1.807, 2.05) is 6.92 Å². The summed E-state index contributed by atoms with van der Waals surface area (Å²) in [6.45, 7) is 7.37. The predicted octanol–water partition coefficient (Wildman–Crippen LogP) is 2.67. The van der Waals surface area contributed by atoms with Crippen molar-refractivity contribution in [1.29, 1.82) is 0 Å². The minimum Gasteiger partial charge on any atom is -0.494 e. The van der Waals surface area contributed by atoms with Gasteiger partial charge in [-0.15, -0.1) is 0 Å². The van der Waals surface area contributed by atoms with Crippen LogP contribution >= 0.6 is 0 Å². The number of hydrogen-bond donors (Lipinski definition) is 1. The highest BCUT2D eigenvalue weighted by Crippen LogP contribution is 2.25. The second kappa shape index (κ2) is 6.81. The van der Waals surface area contributed by atoms with Crippen molar-refractivity contribution in [1.82, 2.24) is 4.90 Å². The van der Waals surface area contributed by atoms with Gasteiger partial charge in [0.15, 0.2) is 0 Å². The summed E-state index contributed by atoms with van der Waals surface area (Å²) >= 11 is 0. The van der Waals surface area contributed by atoms with E-state index in [2.05, 4.69) is 5.32 Å². The van der Waals surface area contributed by atoms with Crippen LogP contribution in [0.2, 0.25) is 0 Å². The second-order valence-corrected chi connectivity index (χ2v) is 6.04. The first kappa shape index (κ1) is 16.3. The molecule has 0 saturated carbocycles. The van der Waals surface area contributed by atoms with Crippen LogP contribution in [0, 0.1) is 5.41 Å². The first-order chi connectivity index (χ1) is 10.4. The van der Waals surface area contributed by atoms with E-state index in [1.165, 1.54) is 0 Å². The molecule has 1 saturated heterocycles. The molecule has 0 spiro atoms. The van der Waals surface area contributed by atoms with E-state index in [9.17, 15) is 9.59 Å². The van der Waals surface area contributed by atoms with Crippen molar-refractivity contribution < 1.29 is 14.3 Å². The van der Waals surface area contributed by atoms with Gasteiger partial charge in [-0.1, -0.05) is 0 Å². The normalized spacial score (nSPS) is 14.8. The molecule has 1 heterocycles. The fourth-order valence-corrected chi connectivity index (χ4v) is 2.50. The second-order valence-electron chi connectivity index (χ2n) is 6.04. The zero-order valence-corrected chi connectivity index (χ0v) is 13.5. The zero-order valence-electron chi connectivity index (χ0n) is 13.5. The third-order valence-corrected chi connectivity index (χ3v) is 3.92. The Morgan fingerprint density at radius 1 is 1.18 bits per heavy atom. The Morgan fingerprint density at radius 3 is 2.32 bits per heavy atom. The third-order valence-electron chi connectivity index (χ3n) is 3.92. The number of carbonyl (C=O) groups is 2. The smallest absolute Gasteiger partial charge is 0.239 e. The Labute approximate surface area is 131 Å². The minimum atomic E-state index is -1.07. The Bertz CT molecular complexity index is 531. The summed E-state index contributed by atoms with van der Waals surface area (Å²) in [6.07, 6.45) is 2.03. The number of anilines is 1. The van der Waals surface area contributed by atoms with Crippen LogP contribution in [0.3, 0.4) is 0 Å². The van der Waals surface area contributed by atoms with Gasteiger partial charge in [0.2, 0.25) is 11.8 Å². The number of ether oxygens (including phenoxy) is 1. The van der Waals surface area contributed by atoms with Crippen LogP contribution in [0.5, 0.6) is 5.75 Å². The monoisotopic (exact) mass is 304 g/mol. The van der Waals surface area contributed by atoms with Crippen molar-refractivity contribution in [2.75, 3.05) is 25.0 Å². The van der Waals surface area contributed by atoms with Gasteiger partial charge in [-0.2, -0.15) is 0 Å². The molecule has 0 radical (unpaired) electrons. The molecule has 1 aromatic carbocycles. The molecule has 1 aliphatic rings. The number of nitrogens with zero attached hydrogens (tertiary/aromatic N) is 1. The molecular formula is C17H24N2O3. The van der Waals surface area contributed by atoms with E-state index in [4.69, 9.17) is 4.74 Å². The number of carbonyl (C=O) groups excluding carboxylic acids is 2. The van der Waals surface area contributed by atoms with Crippen molar-refractivity contribution >= 4 is 17.5 Å². The lowest BCUT2D eigenvalue weighted by Gasteiger charge is -2.28. The quantitative estimate of drug-likeness (QED) is 0.851. The first-order valence-corrected chi connectivity index (χ1v) is 7.79. The highest BCUT2D eigenvalue weighted by Gasteiger charge is 2.39. The number of likely N-dealkylation sites (tertiary alicyclic amines) is 1. The molecule has 5 heteroatoms. The van der Waals surface area contributed by atoms with Gasteiger partial charge in [0.05, 0.1) is 6.61 Å². The van der Waals surface area contributed by atoms with Gasteiger partial charge in [-0.05, 0) is 57.9 Å². The SMILES string of the molecule is CCOc1ccc(NC(=O)C(C)(C)C(=O)N2CCCC2)cc1. The fraction of sp³-hybridized carbons (Fsp3) is 0.529. The van der Waals surface area contributed by atoms with Crippen molar-refractivity contribution in [2.45, 2.75) is 33.6 Å². The largest absolute Gasteiger partial charge is 0.494 e. The molecule has 1 fully saturated rings. The molecule has 0 atom stereocenters. The van der Waals surface area contributed by atoms with E-state index < -0.39 is 5.41 Å². The molecule has 0 unspecified atom stereocenters. The summed E-state index contributed by atoms with van der Waals surface area (Å²) in [7, 11) is 0. The standard InChI is InChI=1S/C17H24N2O3/c1-4-22-14-9-7-13(8-10-14)18-15(20)17(2,3)16(21)19-11-5-6-12-19/h7-10H,4-6,11-12H2,1-3H3,(H,18,20). The van der Waals surface area contributed by atoms with Crippen LogP contribution in [0.4, 0.5) is 5.69 Å². The van der Waals surface area contributed by atoms with E-state index in [0.29, 0.717) is 12.3 Å². The first-order valence-electron chi connectivity index (χ1n) is 7.79. The summed E-state index contributed by atoms with van der Waals surface area (Å²) in [5, 5.41) is 2.81. The molecule has 120 valence electrons. The fourth-order valence-electron chi connectivity index (χ4n) is 2.50. The van der Waals surface area contributed by atoms with Gasteiger partial charge in [0.1, 0.15) is 11.2 Å². The predicted molar refractivity (Wildman–Crippen MR) is 85.8 cm³/mol. The summed E-state index contributed by atoms with van der Waals surface area (Å²) in [5.41, 5.74) is -0.404. The molecule has 2 amide bonds. The average molecular weight is 304 g/mol. The molecule has 1 aliphatic heterocycles. The van der Waals surface area contributed by atoms with E-state index in [1.54, 1.807) is 43.0 Å². The number of benzene rings is 1. The van der Waals surface area contributed by atoms with Gasteiger partial charge in [0, 0.05) is 18.8 Å². The van der Waals surface area contributed by atoms with E-state index >= 15 is 0 Å². The lowest BCUT2D eigenvalue weighted by Crippen LogP contribution is -2.46. The molecule has 5 nitrogen and oxygen atoms in total. The highest BCUT2D eigenvalue weighted by atomic mass is 16.5. The van der Waals surface area contributed by atoms with Gasteiger partial charge in [0.25, 0.3) is 0 Å². The summed E-state index contributed by atoms with van der Waals surface area (Å²) in [6, 6.07) is 7.15. The molecule has 22 heavy (non-hydrogen) atoms. The maximum Gasteiger partial charge on any atom is 0.239 e.